The van der Waals surface area contributed by atoms with Crippen molar-refractivity contribution in [2.75, 3.05) is 13.1 Å². The van der Waals surface area contributed by atoms with Crippen LogP contribution in [0.2, 0.25) is 0 Å². The molecule has 2 rings (SSSR count). The van der Waals surface area contributed by atoms with Crippen LogP contribution < -0.4 is 5.73 Å². The van der Waals surface area contributed by atoms with E-state index < -0.39 is 0 Å². The standard InChI is InChI=1S/C13H23N3S/c1-9(2)16-6-4-11(5-7-16)13-15-12(8-17-13)10(3)14/h8-11H,4-7,14H2,1-3H3. The zero-order chi connectivity index (χ0) is 12.4. The van der Waals surface area contributed by atoms with Gasteiger partial charge in [-0.25, -0.2) is 4.98 Å². The van der Waals surface area contributed by atoms with Gasteiger partial charge in [0.15, 0.2) is 0 Å². The van der Waals surface area contributed by atoms with Crippen LogP contribution in [-0.2, 0) is 0 Å². The highest BCUT2D eigenvalue weighted by Crippen LogP contribution is 2.31. The highest BCUT2D eigenvalue weighted by Gasteiger charge is 2.24. The summed E-state index contributed by atoms with van der Waals surface area (Å²) in [5, 5.41) is 3.41. The number of thiazole rings is 1. The molecule has 3 nitrogen and oxygen atoms in total. The van der Waals surface area contributed by atoms with Gasteiger partial charge in [-0.05, 0) is 46.7 Å². The lowest BCUT2D eigenvalue weighted by molar-refractivity contribution is 0.171. The summed E-state index contributed by atoms with van der Waals surface area (Å²) in [5.41, 5.74) is 6.91. The van der Waals surface area contributed by atoms with Gasteiger partial charge >= 0.3 is 0 Å². The molecule has 1 aromatic rings. The number of nitrogens with two attached hydrogens (primary N) is 1. The van der Waals surface area contributed by atoms with Gasteiger partial charge in [-0.2, -0.15) is 0 Å². The number of nitrogens with zero attached hydrogens (tertiary/aromatic N) is 2. The van der Waals surface area contributed by atoms with Crippen molar-refractivity contribution in [1.82, 2.24) is 9.88 Å². The van der Waals surface area contributed by atoms with Gasteiger partial charge in [0, 0.05) is 23.4 Å². The van der Waals surface area contributed by atoms with E-state index in [1.165, 1.54) is 30.9 Å². The van der Waals surface area contributed by atoms with Gasteiger partial charge in [0.05, 0.1) is 10.7 Å². The third-order valence-corrected chi connectivity index (χ3v) is 4.64. The summed E-state index contributed by atoms with van der Waals surface area (Å²) in [7, 11) is 0. The van der Waals surface area contributed by atoms with Gasteiger partial charge in [-0.1, -0.05) is 0 Å². The fraction of sp³-hybridized carbons (Fsp3) is 0.769. The molecule has 96 valence electrons. The number of hydrogen-bond donors (Lipinski definition) is 1. The zero-order valence-corrected chi connectivity index (χ0v) is 11.8. The Morgan fingerprint density at radius 1 is 1.35 bits per heavy atom. The summed E-state index contributed by atoms with van der Waals surface area (Å²) in [6.45, 7) is 8.96. The van der Waals surface area contributed by atoms with E-state index in [1.807, 2.05) is 6.92 Å². The molecular formula is C13H23N3S. The average Bonchev–Trinajstić information content (AvgIpc) is 2.78. The van der Waals surface area contributed by atoms with Crippen molar-refractivity contribution in [1.29, 1.82) is 0 Å². The molecule has 1 atom stereocenters. The van der Waals surface area contributed by atoms with Gasteiger partial charge in [-0.3, -0.25) is 0 Å². The summed E-state index contributed by atoms with van der Waals surface area (Å²) >= 11 is 1.78. The van der Waals surface area contributed by atoms with Crippen molar-refractivity contribution in [2.24, 2.45) is 5.73 Å². The smallest absolute Gasteiger partial charge is 0.0960 e. The highest BCUT2D eigenvalue weighted by atomic mass is 32.1. The molecule has 0 spiro atoms. The van der Waals surface area contributed by atoms with Crippen LogP contribution in [0.3, 0.4) is 0 Å². The average molecular weight is 253 g/mol. The van der Waals surface area contributed by atoms with Crippen LogP contribution in [0, 0.1) is 0 Å². The molecule has 1 saturated heterocycles. The topological polar surface area (TPSA) is 42.1 Å². The number of piperidine rings is 1. The SMILES string of the molecule is CC(N)c1csc(C2CCN(C(C)C)CC2)n1. The third-order valence-electron chi connectivity index (χ3n) is 3.62. The largest absolute Gasteiger partial charge is 0.323 e. The first-order valence-electron chi connectivity index (χ1n) is 6.53. The van der Waals surface area contributed by atoms with Crippen molar-refractivity contribution in [2.45, 2.75) is 51.6 Å². The summed E-state index contributed by atoms with van der Waals surface area (Å²) in [5.74, 6) is 0.655. The van der Waals surface area contributed by atoms with Gasteiger partial charge < -0.3 is 10.6 Å². The molecule has 4 heteroatoms. The molecule has 0 saturated carbocycles. The van der Waals surface area contributed by atoms with Crippen LogP contribution in [0.25, 0.3) is 0 Å². The third kappa shape index (κ3) is 3.06. The van der Waals surface area contributed by atoms with E-state index in [1.54, 1.807) is 11.3 Å². The Morgan fingerprint density at radius 3 is 2.47 bits per heavy atom. The highest BCUT2D eigenvalue weighted by molar-refractivity contribution is 7.09. The normalized spacial score (nSPS) is 21.0. The molecule has 1 unspecified atom stereocenters. The monoisotopic (exact) mass is 253 g/mol. The Bertz CT molecular complexity index is 351. The Morgan fingerprint density at radius 2 is 2.00 bits per heavy atom. The Balaban J connectivity index is 1.96. The first kappa shape index (κ1) is 13.0. The second kappa shape index (κ2) is 5.46. The fourth-order valence-electron chi connectivity index (χ4n) is 2.36. The quantitative estimate of drug-likeness (QED) is 0.900. The Hall–Kier alpha value is -0.450. The van der Waals surface area contributed by atoms with Gasteiger partial charge in [0.1, 0.15) is 0 Å². The predicted molar refractivity (Wildman–Crippen MR) is 73.4 cm³/mol. The molecule has 2 N–H and O–H groups in total. The lowest BCUT2D eigenvalue weighted by atomic mass is 9.97. The van der Waals surface area contributed by atoms with E-state index in [-0.39, 0.29) is 6.04 Å². The van der Waals surface area contributed by atoms with Gasteiger partial charge in [0.25, 0.3) is 0 Å². The molecular weight excluding hydrogens is 230 g/mol. The van der Waals surface area contributed by atoms with Crippen molar-refractivity contribution in [3.63, 3.8) is 0 Å². The van der Waals surface area contributed by atoms with Crippen molar-refractivity contribution >= 4 is 11.3 Å². The molecule has 2 heterocycles. The molecule has 1 aliphatic rings. The maximum Gasteiger partial charge on any atom is 0.0960 e. The van der Waals surface area contributed by atoms with Crippen LogP contribution >= 0.6 is 11.3 Å². The molecule has 1 aromatic heterocycles. The molecule has 1 aliphatic heterocycles. The minimum Gasteiger partial charge on any atom is -0.323 e. The number of aromatic nitrogens is 1. The Kier molecular flexibility index (Phi) is 4.17. The molecule has 1 fully saturated rings. The van der Waals surface area contributed by atoms with Gasteiger partial charge in [0.2, 0.25) is 0 Å². The molecule has 0 radical (unpaired) electrons. The molecule has 0 aliphatic carbocycles. The first-order chi connectivity index (χ1) is 8.08. The lowest BCUT2D eigenvalue weighted by Gasteiger charge is -2.33. The van der Waals surface area contributed by atoms with Crippen molar-refractivity contribution < 1.29 is 0 Å². The predicted octanol–water partition coefficient (Wildman–Crippen LogP) is 2.75. The summed E-state index contributed by atoms with van der Waals surface area (Å²) in [4.78, 5) is 7.23. The first-order valence-corrected chi connectivity index (χ1v) is 7.41. The molecule has 0 bridgehead atoms. The molecule has 0 aromatic carbocycles. The molecule has 0 amide bonds. The van der Waals surface area contributed by atoms with E-state index >= 15 is 0 Å². The van der Waals surface area contributed by atoms with E-state index in [0.717, 1.165) is 5.69 Å². The maximum absolute atomic E-state index is 5.85. The van der Waals surface area contributed by atoms with Crippen LogP contribution in [0.4, 0.5) is 0 Å². The zero-order valence-electron chi connectivity index (χ0n) is 11.0. The van der Waals surface area contributed by atoms with E-state index in [2.05, 4.69) is 29.1 Å². The summed E-state index contributed by atoms with van der Waals surface area (Å²) in [6, 6.07) is 0.739. The maximum atomic E-state index is 5.85. The van der Waals surface area contributed by atoms with Crippen molar-refractivity contribution in [3.05, 3.63) is 16.1 Å². The van der Waals surface area contributed by atoms with E-state index in [9.17, 15) is 0 Å². The fourth-order valence-corrected chi connectivity index (χ4v) is 3.46. The minimum absolute atomic E-state index is 0.0655. The summed E-state index contributed by atoms with van der Waals surface area (Å²) < 4.78 is 0. The van der Waals surface area contributed by atoms with E-state index in [0.29, 0.717) is 12.0 Å². The van der Waals surface area contributed by atoms with Crippen LogP contribution in [0.15, 0.2) is 5.38 Å². The number of likely N-dealkylation sites (tertiary alicyclic amines) is 1. The molecule has 17 heavy (non-hydrogen) atoms. The van der Waals surface area contributed by atoms with Crippen LogP contribution in [-0.4, -0.2) is 29.0 Å². The Labute approximate surface area is 108 Å². The second-order valence-electron chi connectivity index (χ2n) is 5.30. The van der Waals surface area contributed by atoms with E-state index in [4.69, 9.17) is 5.73 Å². The second-order valence-corrected chi connectivity index (χ2v) is 6.19. The minimum atomic E-state index is 0.0655. The van der Waals surface area contributed by atoms with Crippen molar-refractivity contribution in [3.8, 4) is 0 Å². The van der Waals surface area contributed by atoms with Crippen LogP contribution in [0.5, 0.6) is 0 Å². The number of hydrogen-bond acceptors (Lipinski definition) is 4. The van der Waals surface area contributed by atoms with Gasteiger partial charge in [-0.15, -0.1) is 11.3 Å². The lowest BCUT2D eigenvalue weighted by Crippen LogP contribution is -2.37. The van der Waals surface area contributed by atoms with Crippen LogP contribution in [0.1, 0.15) is 56.3 Å². The summed E-state index contributed by atoms with van der Waals surface area (Å²) in [6.07, 6.45) is 2.48. The number of rotatable bonds is 3.